The molecule has 204 valence electrons. The normalized spacial score (nSPS) is 15.5. The first kappa shape index (κ1) is 27.5. The van der Waals surface area contributed by atoms with Crippen LogP contribution in [-0.4, -0.2) is 67.7 Å². The van der Waals surface area contributed by atoms with Crippen molar-refractivity contribution >= 4 is 50.2 Å². The zero-order chi connectivity index (χ0) is 27.4. The summed E-state index contributed by atoms with van der Waals surface area (Å²) in [5.41, 5.74) is 5.65. The molecule has 3 heterocycles. The Morgan fingerprint density at radius 3 is 2.32 bits per heavy atom. The topological polar surface area (TPSA) is 154 Å². The van der Waals surface area contributed by atoms with Gasteiger partial charge >= 0.3 is 6.09 Å². The molecule has 38 heavy (non-hydrogen) atoms. The number of fused-ring (bicyclic) bond motifs is 1. The lowest BCUT2D eigenvalue weighted by atomic mass is 10.0. The zero-order valence-corrected chi connectivity index (χ0v) is 22.7. The van der Waals surface area contributed by atoms with Gasteiger partial charge in [0.2, 0.25) is 15.9 Å². The number of thiophene rings is 1. The molecule has 0 saturated carbocycles. The second-order valence-electron chi connectivity index (χ2n) is 8.80. The van der Waals surface area contributed by atoms with Crippen LogP contribution in [0.15, 0.2) is 29.2 Å². The molecule has 2 aliphatic rings. The van der Waals surface area contributed by atoms with Crippen LogP contribution in [0.5, 0.6) is 0 Å². The fraction of sp³-hybridized carbons (Fsp3) is 0.417. The SMILES string of the molecule is CCOC(=O)N1CCc2c(sc(NC(=O)c3ccc(S(=O)(=O)N4CCCC4)cc3)c2C(=O)NNC(C)=O)C1. The van der Waals surface area contributed by atoms with E-state index in [0.717, 1.165) is 24.2 Å². The number of sulfonamides is 1. The summed E-state index contributed by atoms with van der Waals surface area (Å²) in [6.07, 6.45) is 1.53. The van der Waals surface area contributed by atoms with Crippen molar-refractivity contribution in [2.24, 2.45) is 0 Å². The molecule has 12 nitrogen and oxygen atoms in total. The number of ether oxygens (including phenoxy) is 1. The van der Waals surface area contributed by atoms with Crippen molar-refractivity contribution in [2.45, 2.75) is 44.6 Å². The minimum atomic E-state index is -3.62. The average Bonchev–Trinajstić information content (AvgIpc) is 3.56. The highest BCUT2D eigenvalue weighted by Crippen LogP contribution is 2.37. The number of nitrogens with one attached hydrogen (secondary N) is 3. The van der Waals surface area contributed by atoms with Gasteiger partial charge in [-0.15, -0.1) is 11.3 Å². The first-order chi connectivity index (χ1) is 18.1. The van der Waals surface area contributed by atoms with Crippen LogP contribution in [0.2, 0.25) is 0 Å². The summed E-state index contributed by atoms with van der Waals surface area (Å²) in [6, 6.07) is 5.63. The summed E-state index contributed by atoms with van der Waals surface area (Å²) in [6.45, 7) is 4.68. The van der Waals surface area contributed by atoms with E-state index < -0.39 is 33.8 Å². The van der Waals surface area contributed by atoms with E-state index in [2.05, 4.69) is 16.2 Å². The van der Waals surface area contributed by atoms with E-state index in [-0.39, 0.29) is 34.2 Å². The van der Waals surface area contributed by atoms with Crippen LogP contribution in [0.1, 0.15) is 57.8 Å². The van der Waals surface area contributed by atoms with E-state index in [1.807, 2.05) is 0 Å². The summed E-state index contributed by atoms with van der Waals surface area (Å²) in [5, 5.41) is 3.00. The molecule has 0 atom stereocenters. The Morgan fingerprint density at radius 2 is 1.68 bits per heavy atom. The number of nitrogens with zero attached hydrogens (tertiary/aromatic N) is 2. The van der Waals surface area contributed by atoms with Gasteiger partial charge in [0.25, 0.3) is 11.8 Å². The number of hydrazine groups is 1. The Labute approximate surface area is 224 Å². The fourth-order valence-electron chi connectivity index (χ4n) is 4.34. The Hall–Kier alpha value is -3.49. The van der Waals surface area contributed by atoms with E-state index in [0.29, 0.717) is 36.5 Å². The Bertz CT molecular complexity index is 1350. The second kappa shape index (κ2) is 11.5. The smallest absolute Gasteiger partial charge is 0.410 e. The van der Waals surface area contributed by atoms with Crippen LogP contribution in [0.25, 0.3) is 0 Å². The molecule has 4 rings (SSSR count). The molecule has 2 aromatic rings. The summed E-state index contributed by atoms with van der Waals surface area (Å²) >= 11 is 1.15. The lowest BCUT2D eigenvalue weighted by molar-refractivity contribution is -0.119. The highest BCUT2D eigenvalue weighted by atomic mass is 32.2. The van der Waals surface area contributed by atoms with Crippen molar-refractivity contribution < 1.29 is 32.3 Å². The minimum Gasteiger partial charge on any atom is -0.450 e. The predicted molar refractivity (Wildman–Crippen MR) is 139 cm³/mol. The van der Waals surface area contributed by atoms with Crippen molar-refractivity contribution in [3.8, 4) is 0 Å². The molecule has 1 aromatic heterocycles. The van der Waals surface area contributed by atoms with E-state index in [4.69, 9.17) is 4.74 Å². The molecule has 0 radical (unpaired) electrons. The van der Waals surface area contributed by atoms with E-state index in [1.165, 1.54) is 40.4 Å². The van der Waals surface area contributed by atoms with Gasteiger partial charge in [-0.1, -0.05) is 0 Å². The van der Waals surface area contributed by atoms with Crippen molar-refractivity contribution in [2.75, 3.05) is 31.6 Å². The van der Waals surface area contributed by atoms with E-state index >= 15 is 0 Å². The van der Waals surface area contributed by atoms with Crippen LogP contribution in [-0.2, 0) is 32.5 Å². The van der Waals surface area contributed by atoms with Gasteiger partial charge < -0.3 is 15.0 Å². The van der Waals surface area contributed by atoms with Gasteiger partial charge in [-0.3, -0.25) is 25.2 Å². The molecule has 0 unspecified atom stereocenters. The largest absolute Gasteiger partial charge is 0.450 e. The Kier molecular flexibility index (Phi) is 8.33. The molecule has 1 fully saturated rings. The van der Waals surface area contributed by atoms with Crippen LogP contribution in [0.3, 0.4) is 0 Å². The number of amides is 4. The third-order valence-electron chi connectivity index (χ3n) is 6.21. The minimum absolute atomic E-state index is 0.108. The van der Waals surface area contributed by atoms with Crippen molar-refractivity contribution in [1.29, 1.82) is 0 Å². The number of anilines is 1. The molecular weight excluding hydrogens is 534 g/mol. The van der Waals surface area contributed by atoms with Crippen LogP contribution in [0.4, 0.5) is 9.80 Å². The molecule has 3 N–H and O–H groups in total. The standard InChI is InChI=1S/C24H29N5O7S2/c1-3-36-24(33)28-13-10-18-19(14-28)37-23(20(18)22(32)27-26-15(2)30)25-21(31)16-6-8-17(9-7-16)38(34,35)29-11-4-5-12-29/h6-9H,3-5,10-14H2,1-2H3,(H,25,31)(H,26,30)(H,27,32). The quantitative estimate of drug-likeness (QED) is 0.455. The first-order valence-corrected chi connectivity index (χ1v) is 14.4. The van der Waals surface area contributed by atoms with Gasteiger partial charge in [0.15, 0.2) is 0 Å². The lowest BCUT2D eigenvalue weighted by Crippen LogP contribution is -2.41. The second-order valence-corrected chi connectivity index (χ2v) is 11.8. The van der Waals surface area contributed by atoms with E-state index in [9.17, 15) is 27.6 Å². The zero-order valence-electron chi connectivity index (χ0n) is 21.0. The summed E-state index contributed by atoms with van der Waals surface area (Å²) in [4.78, 5) is 51.9. The molecule has 1 aromatic carbocycles. The molecule has 2 aliphatic heterocycles. The van der Waals surface area contributed by atoms with Crippen molar-refractivity contribution in [3.05, 3.63) is 45.8 Å². The maximum atomic E-state index is 13.1. The molecule has 0 aliphatic carbocycles. The highest BCUT2D eigenvalue weighted by molar-refractivity contribution is 7.89. The van der Waals surface area contributed by atoms with Gasteiger partial charge in [-0.2, -0.15) is 4.31 Å². The van der Waals surface area contributed by atoms with Gasteiger partial charge in [0, 0.05) is 37.0 Å². The Morgan fingerprint density at radius 1 is 1.00 bits per heavy atom. The highest BCUT2D eigenvalue weighted by Gasteiger charge is 2.31. The van der Waals surface area contributed by atoms with Gasteiger partial charge in [0.1, 0.15) is 5.00 Å². The monoisotopic (exact) mass is 563 g/mol. The van der Waals surface area contributed by atoms with Crippen molar-refractivity contribution in [3.63, 3.8) is 0 Å². The van der Waals surface area contributed by atoms with Crippen LogP contribution in [0, 0.1) is 0 Å². The molecule has 0 bridgehead atoms. The van der Waals surface area contributed by atoms with Gasteiger partial charge in [-0.05, 0) is 56.0 Å². The summed E-state index contributed by atoms with van der Waals surface area (Å²) < 4.78 is 32.1. The van der Waals surface area contributed by atoms with Crippen LogP contribution >= 0.6 is 11.3 Å². The number of hydrogen-bond acceptors (Lipinski definition) is 8. The summed E-state index contributed by atoms with van der Waals surface area (Å²) in [7, 11) is -3.62. The maximum absolute atomic E-state index is 13.1. The number of carbonyl (C=O) groups excluding carboxylic acids is 4. The van der Waals surface area contributed by atoms with Crippen molar-refractivity contribution in [1.82, 2.24) is 20.1 Å². The number of hydrogen-bond donors (Lipinski definition) is 3. The fourth-order valence-corrected chi connectivity index (χ4v) is 7.11. The van der Waals surface area contributed by atoms with Gasteiger partial charge in [0.05, 0.1) is 23.6 Å². The number of benzene rings is 1. The van der Waals surface area contributed by atoms with E-state index in [1.54, 1.807) is 6.92 Å². The van der Waals surface area contributed by atoms with Gasteiger partial charge in [-0.25, -0.2) is 13.2 Å². The lowest BCUT2D eigenvalue weighted by Gasteiger charge is -2.26. The third kappa shape index (κ3) is 5.81. The average molecular weight is 564 g/mol. The maximum Gasteiger partial charge on any atom is 0.410 e. The summed E-state index contributed by atoms with van der Waals surface area (Å²) in [5.74, 6) is -1.61. The molecule has 4 amide bonds. The Balaban J connectivity index is 1.57. The molecule has 14 heteroatoms. The third-order valence-corrected chi connectivity index (χ3v) is 9.25. The predicted octanol–water partition coefficient (Wildman–Crippen LogP) is 2.08. The molecule has 0 spiro atoms. The first-order valence-electron chi connectivity index (χ1n) is 12.2. The van der Waals surface area contributed by atoms with Crippen LogP contribution < -0.4 is 16.2 Å². The number of carbonyl (C=O) groups is 4. The molecule has 1 saturated heterocycles. The molecular formula is C24H29N5O7S2. The number of rotatable bonds is 6.